The Bertz CT molecular complexity index is 411. The van der Waals surface area contributed by atoms with Crippen LogP contribution in [0.3, 0.4) is 0 Å². The van der Waals surface area contributed by atoms with Crippen molar-refractivity contribution in [3.05, 3.63) is 11.8 Å². The van der Waals surface area contributed by atoms with Gasteiger partial charge in [0.15, 0.2) is 0 Å². The molecule has 5 heteroatoms. The van der Waals surface area contributed by atoms with E-state index in [2.05, 4.69) is 20.2 Å². The third kappa shape index (κ3) is 1.95. The molecular formula is C12H18N4O. The maximum absolute atomic E-state index is 5.20. The average molecular weight is 234 g/mol. The molecule has 92 valence electrons. The van der Waals surface area contributed by atoms with Crippen LogP contribution in [0.25, 0.3) is 0 Å². The highest BCUT2D eigenvalue weighted by Gasteiger charge is 2.37. The number of hydrogen-bond donors (Lipinski definition) is 1. The molecule has 1 N–H and O–H groups in total. The fraction of sp³-hybridized carbons (Fsp3) is 0.667. The first kappa shape index (κ1) is 10.8. The maximum atomic E-state index is 5.20. The van der Waals surface area contributed by atoms with Crippen LogP contribution in [-0.4, -0.2) is 43.3 Å². The Balaban J connectivity index is 1.82. The molecule has 1 aromatic rings. The summed E-state index contributed by atoms with van der Waals surface area (Å²) >= 11 is 0. The van der Waals surface area contributed by atoms with Gasteiger partial charge in [0.05, 0.1) is 7.11 Å². The molecule has 0 saturated carbocycles. The molecule has 0 radical (unpaired) electrons. The number of methoxy groups -OCH3 is 1. The lowest BCUT2D eigenvalue weighted by Gasteiger charge is -2.18. The quantitative estimate of drug-likeness (QED) is 0.805. The van der Waals surface area contributed by atoms with Crippen molar-refractivity contribution in [2.75, 3.05) is 38.2 Å². The van der Waals surface area contributed by atoms with Crippen molar-refractivity contribution in [3.63, 3.8) is 0 Å². The highest BCUT2D eigenvalue weighted by atomic mass is 16.5. The van der Waals surface area contributed by atoms with Gasteiger partial charge in [-0.3, -0.25) is 0 Å². The largest absolute Gasteiger partial charge is 0.481 e. The molecule has 2 atom stereocenters. The van der Waals surface area contributed by atoms with Crippen molar-refractivity contribution in [1.82, 2.24) is 15.3 Å². The maximum Gasteiger partial charge on any atom is 0.228 e. The zero-order valence-electron chi connectivity index (χ0n) is 10.3. The second-order valence-corrected chi connectivity index (χ2v) is 4.94. The molecule has 0 amide bonds. The van der Waals surface area contributed by atoms with E-state index in [0.29, 0.717) is 5.88 Å². The first-order valence-corrected chi connectivity index (χ1v) is 6.11. The highest BCUT2D eigenvalue weighted by Crippen LogP contribution is 2.29. The van der Waals surface area contributed by atoms with Crippen LogP contribution in [-0.2, 0) is 0 Å². The number of rotatable bonds is 2. The first-order valence-electron chi connectivity index (χ1n) is 6.11. The van der Waals surface area contributed by atoms with Gasteiger partial charge in [0.2, 0.25) is 11.8 Å². The van der Waals surface area contributed by atoms with Gasteiger partial charge in [-0.2, -0.15) is 4.98 Å². The van der Waals surface area contributed by atoms with Crippen LogP contribution < -0.4 is 15.0 Å². The number of hydrogen-bond acceptors (Lipinski definition) is 5. The Morgan fingerprint density at radius 3 is 2.65 bits per heavy atom. The predicted molar refractivity (Wildman–Crippen MR) is 65.4 cm³/mol. The summed E-state index contributed by atoms with van der Waals surface area (Å²) in [6, 6.07) is 1.86. The SMILES string of the molecule is COc1cc(C)nc(N2C[C@H]3CNC[C@H]3C2)n1. The Kier molecular flexibility index (Phi) is 2.63. The normalized spacial score (nSPS) is 27.3. The molecule has 2 aliphatic rings. The second kappa shape index (κ2) is 4.14. The van der Waals surface area contributed by atoms with E-state index in [9.17, 15) is 0 Å². The third-order valence-corrected chi connectivity index (χ3v) is 3.70. The number of nitrogens with zero attached hydrogens (tertiary/aromatic N) is 3. The summed E-state index contributed by atoms with van der Waals surface area (Å²) in [7, 11) is 1.65. The molecule has 0 aliphatic carbocycles. The van der Waals surface area contributed by atoms with E-state index < -0.39 is 0 Å². The van der Waals surface area contributed by atoms with Gasteiger partial charge in [-0.15, -0.1) is 0 Å². The molecule has 1 aromatic heterocycles. The van der Waals surface area contributed by atoms with Gasteiger partial charge in [-0.25, -0.2) is 4.98 Å². The number of aryl methyl sites for hydroxylation is 1. The number of fused-ring (bicyclic) bond motifs is 1. The van der Waals surface area contributed by atoms with E-state index >= 15 is 0 Å². The summed E-state index contributed by atoms with van der Waals surface area (Å²) in [6.07, 6.45) is 0. The van der Waals surface area contributed by atoms with Crippen molar-refractivity contribution in [2.24, 2.45) is 11.8 Å². The van der Waals surface area contributed by atoms with Crippen LogP contribution in [0.2, 0.25) is 0 Å². The molecule has 5 nitrogen and oxygen atoms in total. The number of ether oxygens (including phenoxy) is 1. The summed E-state index contributed by atoms with van der Waals surface area (Å²) in [5.41, 5.74) is 0.960. The smallest absolute Gasteiger partial charge is 0.228 e. The monoisotopic (exact) mass is 234 g/mol. The summed E-state index contributed by atoms with van der Waals surface area (Å²) in [5.74, 6) is 2.98. The van der Waals surface area contributed by atoms with Gasteiger partial charge >= 0.3 is 0 Å². The lowest BCUT2D eigenvalue weighted by molar-refractivity contribution is 0.396. The molecule has 17 heavy (non-hydrogen) atoms. The van der Waals surface area contributed by atoms with Crippen molar-refractivity contribution in [2.45, 2.75) is 6.92 Å². The zero-order chi connectivity index (χ0) is 11.8. The van der Waals surface area contributed by atoms with Crippen LogP contribution in [0.15, 0.2) is 6.07 Å². The minimum absolute atomic E-state index is 0.655. The van der Waals surface area contributed by atoms with E-state index in [0.717, 1.165) is 49.7 Å². The van der Waals surface area contributed by atoms with Gasteiger partial charge in [0, 0.05) is 37.9 Å². The topological polar surface area (TPSA) is 50.3 Å². The number of nitrogens with one attached hydrogen (secondary N) is 1. The van der Waals surface area contributed by atoms with Crippen LogP contribution in [0, 0.1) is 18.8 Å². The summed E-state index contributed by atoms with van der Waals surface area (Å²) in [6.45, 7) is 6.36. The summed E-state index contributed by atoms with van der Waals surface area (Å²) < 4.78 is 5.20. The van der Waals surface area contributed by atoms with Crippen LogP contribution >= 0.6 is 0 Å². The molecule has 0 aromatic carbocycles. The fourth-order valence-electron chi connectivity index (χ4n) is 2.79. The molecule has 2 aliphatic heterocycles. The van der Waals surface area contributed by atoms with Gasteiger partial charge in [-0.05, 0) is 18.8 Å². The van der Waals surface area contributed by atoms with E-state index in [-0.39, 0.29) is 0 Å². The first-order chi connectivity index (χ1) is 8.26. The number of aromatic nitrogens is 2. The summed E-state index contributed by atoms with van der Waals surface area (Å²) in [4.78, 5) is 11.2. The van der Waals surface area contributed by atoms with Gasteiger partial charge in [0.25, 0.3) is 0 Å². The van der Waals surface area contributed by atoms with E-state index in [1.807, 2.05) is 13.0 Å². The zero-order valence-corrected chi connectivity index (χ0v) is 10.3. The highest BCUT2D eigenvalue weighted by molar-refractivity contribution is 5.36. The van der Waals surface area contributed by atoms with Crippen molar-refractivity contribution in [1.29, 1.82) is 0 Å². The molecule has 2 saturated heterocycles. The van der Waals surface area contributed by atoms with E-state index in [1.54, 1.807) is 7.11 Å². The Hall–Kier alpha value is -1.36. The van der Waals surface area contributed by atoms with Crippen LogP contribution in [0.5, 0.6) is 5.88 Å². The fourth-order valence-corrected chi connectivity index (χ4v) is 2.79. The van der Waals surface area contributed by atoms with Crippen molar-refractivity contribution < 1.29 is 4.74 Å². The Morgan fingerprint density at radius 1 is 1.29 bits per heavy atom. The molecule has 2 fully saturated rings. The van der Waals surface area contributed by atoms with Gasteiger partial charge < -0.3 is 15.0 Å². The third-order valence-electron chi connectivity index (χ3n) is 3.70. The minimum Gasteiger partial charge on any atom is -0.481 e. The molecule has 0 unspecified atom stereocenters. The number of anilines is 1. The second-order valence-electron chi connectivity index (χ2n) is 4.94. The molecule has 3 heterocycles. The average Bonchev–Trinajstić information content (AvgIpc) is 2.88. The van der Waals surface area contributed by atoms with Gasteiger partial charge in [-0.1, -0.05) is 0 Å². The Morgan fingerprint density at radius 2 is 2.00 bits per heavy atom. The lowest BCUT2D eigenvalue weighted by atomic mass is 10.0. The molecule has 0 bridgehead atoms. The van der Waals surface area contributed by atoms with Crippen molar-refractivity contribution in [3.8, 4) is 5.88 Å². The van der Waals surface area contributed by atoms with E-state index in [1.165, 1.54) is 0 Å². The van der Waals surface area contributed by atoms with Gasteiger partial charge in [0.1, 0.15) is 0 Å². The Labute approximate surface area is 101 Å². The van der Waals surface area contributed by atoms with Crippen molar-refractivity contribution >= 4 is 5.95 Å². The lowest BCUT2D eigenvalue weighted by Crippen LogP contribution is -2.27. The molecular weight excluding hydrogens is 216 g/mol. The van der Waals surface area contributed by atoms with Crippen LogP contribution in [0.4, 0.5) is 5.95 Å². The predicted octanol–water partition coefficient (Wildman–Crippen LogP) is 0.449. The molecule has 0 spiro atoms. The standard InChI is InChI=1S/C12H18N4O/c1-8-3-11(17-2)15-12(14-8)16-6-9-4-13-5-10(9)7-16/h3,9-10,13H,4-7H2,1-2H3/t9-,10+. The van der Waals surface area contributed by atoms with E-state index in [4.69, 9.17) is 4.74 Å². The summed E-state index contributed by atoms with van der Waals surface area (Å²) in [5, 5.41) is 3.44. The van der Waals surface area contributed by atoms with Crippen LogP contribution in [0.1, 0.15) is 5.69 Å². The molecule has 3 rings (SSSR count). The minimum atomic E-state index is 0.655.